The summed E-state index contributed by atoms with van der Waals surface area (Å²) in [5.41, 5.74) is -0.902. The molecule has 1 aromatic carbocycles. The summed E-state index contributed by atoms with van der Waals surface area (Å²) in [4.78, 5) is 9.78. The Labute approximate surface area is 98.4 Å². The molecule has 94 valence electrons. The van der Waals surface area contributed by atoms with Gasteiger partial charge in [0.25, 0.3) is 5.69 Å². The molecule has 5 nitrogen and oxygen atoms in total. The maximum Gasteiger partial charge on any atom is 0.272 e. The van der Waals surface area contributed by atoms with Gasteiger partial charge in [-0.15, -0.1) is 0 Å². The maximum absolute atomic E-state index is 13.6. The van der Waals surface area contributed by atoms with E-state index in [-0.39, 0.29) is 11.4 Å². The van der Waals surface area contributed by atoms with Crippen LogP contribution in [0.15, 0.2) is 18.2 Å². The number of nitrogens with zero attached hydrogens (tertiary/aromatic N) is 1. The number of non-ortho nitro benzene ring substituents is 1. The number of benzene rings is 1. The van der Waals surface area contributed by atoms with Gasteiger partial charge < -0.3 is 10.4 Å². The number of nitro benzene ring substituents is 1. The molecule has 1 aromatic rings. The Balaban J connectivity index is 2.98. The topological polar surface area (TPSA) is 75.4 Å². The van der Waals surface area contributed by atoms with E-state index in [2.05, 4.69) is 5.32 Å². The minimum atomic E-state index is -0.725. The summed E-state index contributed by atoms with van der Waals surface area (Å²) in [6.07, 6.45) is -0.697. The van der Waals surface area contributed by atoms with Crippen LogP contribution in [0.5, 0.6) is 0 Å². The number of aliphatic hydroxyl groups excluding tert-OH is 1. The van der Waals surface area contributed by atoms with Gasteiger partial charge in [0.1, 0.15) is 0 Å². The second kappa shape index (κ2) is 4.67. The standard InChI is InChI=1S/C11H15FN2O3/c1-7(15)11(2,3)13-10-5-4-8(14(16)17)6-9(10)12/h4-7,13,15H,1-3H3. The monoisotopic (exact) mass is 242 g/mol. The van der Waals surface area contributed by atoms with Crippen LogP contribution >= 0.6 is 0 Å². The van der Waals surface area contributed by atoms with Crippen LogP contribution in [0.4, 0.5) is 15.8 Å². The van der Waals surface area contributed by atoms with Crippen LogP contribution < -0.4 is 5.32 Å². The molecule has 0 radical (unpaired) electrons. The van der Waals surface area contributed by atoms with Gasteiger partial charge in [-0.25, -0.2) is 4.39 Å². The van der Waals surface area contributed by atoms with Crippen molar-refractivity contribution in [3.8, 4) is 0 Å². The van der Waals surface area contributed by atoms with Gasteiger partial charge in [0.2, 0.25) is 0 Å². The first kappa shape index (κ1) is 13.4. The van der Waals surface area contributed by atoms with E-state index in [0.29, 0.717) is 0 Å². The molecule has 0 aliphatic heterocycles. The first-order valence-corrected chi connectivity index (χ1v) is 5.14. The van der Waals surface area contributed by atoms with Crippen LogP contribution in [0.2, 0.25) is 0 Å². The third kappa shape index (κ3) is 3.13. The van der Waals surface area contributed by atoms with Crippen molar-refractivity contribution in [2.75, 3.05) is 5.32 Å². The highest BCUT2D eigenvalue weighted by Crippen LogP contribution is 2.24. The molecule has 0 saturated carbocycles. The molecule has 0 aliphatic carbocycles. The summed E-state index contributed by atoms with van der Waals surface area (Å²) in [7, 11) is 0. The summed E-state index contributed by atoms with van der Waals surface area (Å²) >= 11 is 0. The molecule has 1 rings (SSSR count). The molecule has 0 heterocycles. The number of nitrogens with one attached hydrogen (secondary N) is 1. The number of hydrogen-bond donors (Lipinski definition) is 2. The van der Waals surface area contributed by atoms with Crippen molar-refractivity contribution in [2.24, 2.45) is 0 Å². The van der Waals surface area contributed by atoms with Crippen molar-refractivity contribution < 1.29 is 14.4 Å². The van der Waals surface area contributed by atoms with E-state index >= 15 is 0 Å². The van der Waals surface area contributed by atoms with Crippen molar-refractivity contribution >= 4 is 11.4 Å². The molecule has 0 aliphatic rings. The van der Waals surface area contributed by atoms with E-state index in [4.69, 9.17) is 0 Å². The third-order valence-electron chi connectivity index (χ3n) is 2.66. The van der Waals surface area contributed by atoms with Gasteiger partial charge in [0.15, 0.2) is 5.82 Å². The Morgan fingerprint density at radius 1 is 1.53 bits per heavy atom. The fourth-order valence-electron chi connectivity index (χ4n) is 1.17. The highest BCUT2D eigenvalue weighted by Gasteiger charge is 2.25. The van der Waals surface area contributed by atoms with Gasteiger partial charge >= 0.3 is 0 Å². The first-order valence-electron chi connectivity index (χ1n) is 5.14. The molecular formula is C11H15FN2O3. The number of anilines is 1. The second-order valence-electron chi connectivity index (χ2n) is 4.44. The van der Waals surface area contributed by atoms with E-state index in [9.17, 15) is 19.6 Å². The van der Waals surface area contributed by atoms with E-state index in [0.717, 1.165) is 6.07 Å². The van der Waals surface area contributed by atoms with Crippen LogP contribution in [0.3, 0.4) is 0 Å². The zero-order valence-corrected chi connectivity index (χ0v) is 9.90. The Kier molecular flexibility index (Phi) is 3.67. The average Bonchev–Trinajstić information content (AvgIpc) is 2.20. The van der Waals surface area contributed by atoms with Crippen molar-refractivity contribution in [3.05, 3.63) is 34.1 Å². The number of halogens is 1. The highest BCUT2D eigenvalue weighted by molar-refractivity contribution is 5.51. The lowest BCUT2D eigenvalue weighted by molar-refractivity contribution is -0.385. The van der Waals surface area contributed by atoms with Gasteiger partial charge in [-0.1, -0.05) is 0 Å². The quantitative estimate of drug-likeness (QED) is 0.627. The maximum atomic E-state index is 13.6. The SMILES string of the molecule is CC(O)C(C)(C)Nc1ccc([N+](=O)[O-])cc1F. The van der Waals surface area contributed by atoms with Crippen molar-refractivity contribution in [3.63, 3.8) is 0 Å². The fraction of sp³-hybridized carbons (Fsp3) is 0.455. The molecule has 0 saturated heterocycles. The molecule has 1 unspecified atom stereocenters. The van der Waals surface area contributed by atoms with E-state index in [1.165, 1.54) is 12.1 Å². The molecule has 0 spiro atoms. The smallest absolute Gasteiger partial charge is 0.272 e. The second-order valence-corrected chi connectivity index (χ2v) is 4.44. The van der Waals surface area contributed by atoms with Gasteiger partial charge in [-0.3, -0.25) is 10.1 Å². The van der Waals surface area contributed by atoms with Crippen molar-refractivity contribution in [1.82, 2.24) is 0 Å². The van der Waals surface area contributed by atoms with Crippen LogP contribution in [0, 0.1) is 15.9 Å². The predicted octanol–water partition coefficient (Wildman–Crippen LogP) is 2.31. The molecule has 0 bridgehead atoms. The Morgan fingerprint density at radius 3 is 2.53 bits per heavy atom. The molecular weight excluding hydrogens is 227 g/mol. The van der Waals surface area contributed by atoms with E-state index in [1.54, 1.807) is 20.8 Å². The predicted molar refractivity (Wildman–Crippen MR) is 62.4 cm³/mol. The fourth-order valence-corrected chi connectivity index (χ4v) is 1.17. The molecule has 0 aromatic heterocycles. The lowest BCUT2D eigenvalue weighted by Gasteiger charge is -2.30. The number of rotatable bonds is 4. The summed E-state index contributed by atoms with van der Waals surface area (Å²) in [6.45, 7) is 4.99. The zero-order chi connectivity index (χ0) is 13.2. The van der Waals surface area contributed by atoms with E-state index in [1.807, 2.05) is 0 Å². The van der Waals surface area contributed by atoms with Gasteiger partial charge in [0.05, 0.1) is 28.3 Å². The average molecular weight is 242 g/mol. The zero-order valence-electron chi connectivity index (χ0n) is 9.90. The third-order valence-corrected chi connectivity index (χ3v) is 2.66. The van der Waals surface area contributed by atoms with Gasteiger partial charge in [-0.05, 0) is 26.8 Å². The summed E-state index contributed by atoms with van der Waals surface area (Å²) in [6, 6.07) is 3.35. The number of hydrogen-bond acceptors (Lipinski definition) is 4. The van der Waals surface area contributed by atoms with Crippen molar-refractivity contribution in [2.45, 2.75) is 32.4 Å². The first-order chi connectivity index (χ1) is 7.74. The normalized spacial score (nSPS) is 13.2. The summed E-state index contributed by atoms with van der Waals surface area (Å²) in [5.74, 6) is -0.715. The Morgan fingerprint density at radius 2 is 2.12 bits per heavy atom. The van der Waals surface area contributed by atoms with Crippen molar-refractivity contribution in [1.29, 1.82) is 0 Å². The highest BCUT2D eigenvalue weighted by atomic mass is 19.1. The van der Waals surface area contributed by atoms with Crippen LogP contribution in [0.1, 0.15) is 20.8 Å². The Bertz CT molecular complexity index is 433. The molecule has 6 heteroatoms. The number of nitro groups is 1. The van der Waals surface area contributed by atoms with E-state index < -0.39 is 22.4 Å². The van der Waals surface area contributed by atoms with Crippen LogP contribution in [-0.4, -0.2) is 21.7 Å². The largest absolute Gasteiger partial charge is 0.391 e. The minimum Gasteiger partial charge on any atom is -0.391 e. The molecule has 1 atom stereocenters. The van der Waals surface area contributed by atoms with Gasteiger partial charge in [-0.2, -0.15) is 0 Å². The van der Waals surface area contributed by atoms with Crippen LogP contribution in [0.25, 0.3) is 0 Å². The minimum absolute atomic E-state index is 0.126. The Hall–Kier alpha value is -1.69. The lowest BCUT2D eigenvalue weighted by atomic mass is 9.98. The lowest BCUT2D eigenvalue weighted by Crippen LogP contribution is -2.42. The number of aliphatic hydroxyl groups is 1. The molecule has 17 heavy (non-hydrogen) atoms. The summed E-state index contributed by atoms with van der Waals surface area (Å²) < 4.78 is 13.6. The molecule has 0 amide bonds. The van der Waals surface area contributed by atoms with Crippen LogP contribution in [-0.2, 0) is 0 Å². The molecule has 2 N–H and O–H groups in total. The summed E-state index contributed by atoms with van der Waals surface area (Å²) in [5, 5.41) is 22.7. The molecule has 0 fully saturated rings. The van der Waals surface area contributed by atoms with Gasteiger partial charge in [0, 0.05) is 6.07 Å².